The van der Waals surface area contributed by atoms with Crippen molar-refractivity contribution in [1.29, 1.82) is 0 Å². The maximum Gasteiger partial charge on any atom is 0.113 e. The number of imidazole rings is 1. The monoisotopic (exact) mass is 273 g/mol. The predicted octanol–water partition coefficient (Wildman–Crippen LogP) is 2.01. The number of rotatable bonds is 1. The number of aliphatic hydroxyl groups is 1. The molecular formula is C16H23N3O. The van der Waals surface area contributed by atoms with Gasteiger partial charge >= 0.3 is 0 Å². The number of hydrogen-bond acceptors (Lipinski definition) is 3. The second kappa shape index (κ2) is 3.86. The van der Waals surface area contributed by atoms with E-state index in [4.69, 9.17) is 4.98 Å². The fourth-order valence-electron chi connectivity index (χ4n) is 5.92. The molecule has 0 radical (unpaired) electrons. The number of β-amino-alcohol motifs (C(OH)–C–C–N with tert-alkyl or cyclic N) is 1. The van der Waals surface area contributed by atoms with Crippen LogP contribution >= 0.6 is 0 Å². The van der Waals surface area contributed by atoms with E-state index in [1.807, 2.05) is 0 Å². The van der Waals surface area contributed by atoms with Crippen molar-refractivity contribution in [3.63, 3.8) is 0 Å². The van der Waals surface area contributed by atoms with Gasteiger partial charge in [0, 0.05) is 18.5 Å². The Morgan fingerprint density at radius 3 is 2.30 bits per heavy atom. The largest absolute Gasteiger partial charge is 0.385 e. The molecule has 0 spiro atoms. The molecule has 1 aliphatic heterocycles. The van der Waals surface area contributed by atoms with Crippen LogP contribution in [0, 0.1) is 17.8 Å². The summed E-state index contributed by atoms with van der Waals surface area (Å²) in [6.07, 6.45) is 7.94. The molecule has 1 unspecified atom stereocenters. The smallest absolute Gasteiger partial charge is 0.113 e. The van der Waals surface area contributed by atoms with Crippen LogP contribution in [0.4, 0.5) is 0 Å². The highest BCUT2D eigenvalue weighted by molar-refractivity contribution is 5.26. The highest BCUT2D eigenvalue weighted by Crippen LogP contribution is 2.60. The molecular weight excluding hydrogens is 250 g/mol. The molecule has 5 aliphatic rings. The van der Waals surface area contributed by atoms with Gasteiger partial charge in [0.25, 0.3) is 0 Å². The molecule has 1 aromatic heterocycles. The SMILES string of the molecule is OC1CNCc2[nH]c(C34CC5CC(CC(C5)C3)C4)nc21. The summed E-state index contributed by atoms with van der Waals surface area (Å²) in [5.41, 5.74) is 2.34. The van der Waals surface area contributed by atoms with E-state index in [-0.39, 0.29) is 0 Å². The lowest BCUT2D eigenvalue weighted by molar-refractivity contribution is -0.00915. The highest BCUT2D eigenvalue weighted by Gasteiger charge is 2.53. The van der Waals surface area contributed by atoms with Gasteiger partial charge in [-0.15, -0.1) is 0 Å². The van der Waals surface area contributed by atoms with E-state index in [0.717, 1.165) is 35.7 Å². The van der Waals surface area contributed by atoms with Gasteiger partial charge in [0.1, 0.15) is 11.9 Å². The van der Waals surface area contributed by atoms with Crippen LogP contribution in [0.15, 0.2) is 0 Å². The topological polar surface area (TPSA) is 60.9 Å². The van der Waals surface area contributed by atoms with E-state index in [1.165, 1.54) is 44.3 Å². The quantitative estimate of drug-likeness (QED) is 0.733. The molecule has 0 saturated heterocycles. The van der Waals surface area contributed by atoms with Crippen molar-refractivity contribution < 1.29 is 5.11 Å². The molecule has 1 aromatic rings. The van der Waals surface area contributed by atoms with E-state index in [9.17, 15) is 5.11 Å². The summed E-state index contributed by atoms with van der Waals surface area (Å²) in [6, 6.07) is 0. The second-order valence-corrected chi connectivity index (χ2v) is 7.79. The van der Waals surface area contributed by atoms with Gasteiger partial charge in [0.05, 0.1) is 11.4 Å². The third-order valence-electron chi connectivity index (χ3n) is 6.31. The molecule has 108 valence electrons. The predicted molar refractivity (Wildman–Crippen MR) is 75.1 cm³/mol. The molecule has 20 heavy (non-hydrogen) atoms. The maximum absolute atomic E-state index is 10.1. The van der Waals surface area contributed by atoms with Crippen molar-refractivity contribution in [2.24, 2.45) is 17.8 Å². The number of hydrogen-bond donors (Lipinski definition) is 3. The zero-order valence-corrected chi connectivity index (χ0v) is 11.9. The van der Waals surface area contributed by atoms with Crippen LogP contribution in [-0.2, 0) is 12.0 Å². The van der Waals surface area contributed by atoms with Gasteiger partial charge in [-0.2, -0.15) is 0 Å². The summed E-state index contributed by atoms with van der Waals surface area (Å²) >= 11 is 0. The standard InChI is InChI=1S/C16H23N3O/c20-13-8-17-7-12-14(13)19-15(18-12)16-4-9-1-10(5-16)3-11(2-9)6-16/h9-11,13,17,20H,1-8H2,(H,18,19). The number of aromatic amines is 1. The maximum atomic E-state index is 10.1. The molecule has 4 bridgehead atoms. The van der Waals surface area contributed by atoms with Gasteiger partial charge in [-0.3, -0.25) is 0 Å². The molecule has 1 atom stereocenters. The number of nitrogens with one attached hydrogen (secondary N) is 2. The fourth-order valence-corrected chi connectivity index (χ4v) is 5.92. The number of fused-ring (bicyclic) bond motifs is 1. The Kier molecular flexibility index (Phi) is 2.27. The summed E-state index contributed by atoms with van der Waals surface area (Å²) in [6.45, 7) is 1.46. The van der Waals surface area contributed by atoms with Gasteiger partial charge in [-0.05, 0) is 56.3 Å². The van der Waals surface area contributed by atoms with Crippen molar-refractivity contribution >= 4 is 0 Å². The average Bonchev–Trinajstić information content (AvgIpc) is 2.83. The Bertz CT molecular complexity index is 515. The molecule has 3 N–H and O–H groups in total. The molecule has 4 heteroatoms. The van der Waals surface area contributed by atoms with Crippen molar-refractivity contribution in [3.8, 4) is 0 Å². The number of H-pyrrole nitrogens is 1. The Morgan fingerprint density at radius 1 is 1.05 bits per heavy atom. The normalized spacial score (nSPS) is 45.6. The van der Waals surface area contributed by atoms with Crippen LogP contribution in [0.2, 0.25) is 0 Å². The molecule has 6 rings (SSSR count). The minimum atomic E-state index is -0.433. The Labute approximate surface area is 119 Å². The van der Waals surface area contributed by atoms with Crippen molar-refractivity contribution in [2.45, 2.75) is 56.6 Å². The third kappa shape index (κ3) is 1.52. The molecule has 4 aliphatic carbocycles. The van der Waals surface area contributed by atoms with Gasteiger partial charge in [0.2, 0.25) is 0 Å². The zero-order valence-electron chi connectivity index (χ0n) is 11.9. The van der Waals surface area contributed by atoms with Crippen LogP contribution in [0.3, 0.4) is 0 Å². The van der Waals surface area contributed by atoms with E-state index < -0.39 is 6.10 Å². The van der Waals surface area contributed by atoms with Crippen LogP contribution in [0.25, 0.3) is 0 Å². The van der Waals surface area contributed by atoms with Gasteiger partial charge in [-0.25, -0.2) is 4.98 Å². The molecule has 2 heterocycles. The summed E-state index contributed by atoms with van der Waals surface area (Å²) in [7, 11) is 0. The molecule has 0 amide bonds. The number of aliphatic hydroxyl groups excluding tert-OH is 1. The molecule has 0 aromatic carbocycles. The molecule has 4 fully saturated rings. The number of aromatic nitrogens is 2. The average molecular weight is 273 g/mol. The minimum absolute atomic E-state index is 0.311. The summed E-state index contributed by atoms with van der Waals surface area (Å²) in [5.74, 6) is 4.01. The first-order chi connectivity index (χ1) is 9.72. The van der Waals surface area contributed by atoms with Gasteiger partial charge in [-0.1, -0.05) is 0 Å². The highest BCUT2D eigenvalue weighted by atomic mass is 16.3. The lowest BCUT2D eigenvalue weighted by atomic mass is 9.49. The summed E-state index contributed by atoms with van der Waals surface area (Å²) < 4.78 is 0. The van der Waals surface area contributed by atoms with Crippen LogP contribution < -0.4 is 5.32 Å². The van der Waals surface area contributed by atoms with Crippen molar-refractivity contribution in [1.82, 2.24) is 15.3 Å². The van der Waals surface area contributed by atoms with Gasteiger partial charge < -0.3 is 15.4 Å². The minimum Gasteiger partial charge on any atom is -0.385 e. The molecule has 4 saturated carbocycles. The fraction of sp³-hybridized carbons (Fsp3) is 0.812. The lowest BCUT2D eigenvalue weighted by Gasteiger charge is -2.56. The Balaban J connectivity index is 1.56. The first-order valence-electron chi connectivity index (χ1n) is 8.20. The Morgan fingerprint density at radius 2 is 1.70 bits per heavy atom. The number of nitrogens with zero attached hydrogens (tertiary/aromatic N) is 1. The second-order valence-electron chi connectivity index (χ2n) is 7.79. The van der Waals surface area contributed by atoms with E-state index in [1.54, 1.807) is 0 Å². The van der Waals surface area contributed by atoms with E-state index in [0.29, 0.717) is 12.0 Å². The lowest BCUT2D eigenvalue weighted by Crippen LogP contribution is -2.49. The summed E-state index contributed by atoms with van der Waals surface area (Å²) in [5, 5.41) is 13.4. The molecule has 4 nitrogen and oxygen atoms in total. The summed E-state index contributed by atoms with van der Waals surface area (Å²) in [4.78, 5) is 8.46. The zero-order chi connectivity index (χ0) is 13.3. The third-order valence-corrected chi connectivity index (χ3v) is 6.31. The van der Waals surface area contributed by atoms with Crippen molar-refractivity contribution in [2.75, 3.05) is 6.54 Å². The van der Waals surface area contributed by atoms with E-state index >= 15 is 0 Å². The van der Waals surface area contributed by atoms with Crippen molar-refractivity contribution in [3.05, 3.63) is 17.2 Å². The van der Waals surface area contributed by atoms with Crippen LogP contribution in [0.1, 0.15) is 61.8 Å². The van der Waals surface area contributed by atoms with Crippen LogP contribution in [-0.4, -0.2) is 21.6 Å². The first kappa shape index (κ1) is 11.8. The Hall–Kier alpha value is -0.870. The van der Waals surface area contributed by atoms with Gasteiger partial charge in [0.15, 0.2) is 0 Å². The van der Waals surface area contributed by atoms with Crippen LogP contribution in [0.5, 0.6) is 0 Å². The van der Waals surface area contributed by atoms with E-state index in [2.05, 4.69) is 10.3 Å². The first-order valence-corrected chi connectivity index (χ1v) is 8.20.